The molecule has 0 aliphatic rings. The maximum atomic E-state index is 12.0. The number of benzene rings is 1. The van der Waals surface area contributed by atoms with E-state index in [4.69, 9.17) is 16.6 Å². The van der Waals surface area contributed by atoms with Gasteiger partial charge in [0.15, 0.2) is 5.96 Å². The molecule has 0 radical (unpaired) electrons. The molecule has 0 atom stereocenters. The zero-order valence-electron chi connectivity index (χ0n) is 16.7. The highest BCUT2D eigenvalue weighted by Crippen LogP contribution is 2.14. The molecule has 7 heteroatoms. The van der Waals surface area contributed by atoms with Gasteiger partial charge in [0.2, 0.25) is 0 Å². The summed E-state index contributed by atoms with van der Waals surface area (Å²) in [5.74, 6) is 0.822. The summed E-state index contributed by atoms with van der Waals surface area (Å²) in [6.45, 7) is 4.07. The van der Waals surface area contributed by atoms with E-state index in [-0.39, 0.29) is 5.91 Å². The second kappa shape index (κ2) is 9.46. The van der Waals surface area contributed by atoms with Crippen LogP contribution in [0.25, 0.3) is 0 Å². The minimum atomic E-state index is -0.000600. The van der Waals surface area contributed by atoms with E-state index in [1.807, 2.05) is 62.1 Å². The van der Waals surface area contributed by atoms with Gasteiger partial charge in [0, 0.05) is 52.2 Å². The minimum absolute atomic E-state index is 0.000600. The number of nitrogens with zero attached hydrogens (tertiary/aromatic N) is 4. The molecule has 0 bridgehead atoms. The van der Waals surface area contributed by atoms with Gasteiger partial charge in [-0.05, 0) is 30.7 Å². The van der Waals surface area contributed by atoms with Crippen molar-refractivity contribution in [3.63, 3.8) is 0 Å². The number of hydrogen-bond acceptors (Lipinski definition) is 2. The summed E-state index contributed by atoms with van der Waals surface area (Å²) in [6, 6.07) is 9.54. The van der Waals surface area contributed by atoms with E-state index in [2.05, 4.69) is 10.2 Å². The summed E-state index contributed by atoms with van der Waals surface area (Å²) >= 11 is 6.07. The molecule has 1 heterocycles. The van der Waals surface area contributed by atoms with Gasteiger partial charge < -0.3 is 19.7 Å². The van der Waals surface area contributed by atoms with Gasteiger partial charge in [0.1, 0.15) is 0 Å². The Balaban J connectivity index is 2.08. The van der Waals surface area contributed by atoms with Gasteiger partial charge in [0.25, 0.3) is 5.91 Å². The van der Waals surface area contributed by atoms with E-state index in [0.29, 0.717) is 18.7 Å². The Kier molecular flexibility index (Phi) is 7.30. The molecule has 2 aromatic rings. The van der Waals surface area contributed by atoms with Crippen LogP contribution < -0.4 is 5.32 Å². The number of halogens is 1. The third-order valence-corrected chi connectivity index (χ3v) is 4.40. The van der Waals surface area contributed by atoms with Crippen LogP contribution >= 0.6 is 11.6 Å². The van der Waals surface area contributed by atoms with E-state index in [1.165, 1.54) is 0 Å². The van der Waals surface area contributed by atoms with Gasteiger partial charge in [-0.25, -0.2) is 4.99 Å². The lowest BCUT2D eigenvalue weighted by Gasteiger charge is -2.22. The fraction of sp³-hybridized carbons (Fsp3) is 0.400. The molecular weight excluding hydrogens is 362 g/mol. The second-order valence-corrected chi connectivity index (χ2v) is 7.12. The third kappa shape index (κ3) is 5.76. The fourth-order valence-electron chi connectivity index (χ4n) is 2.69. The summed E-state index contributed by atoms with van der Waals surface area (Å²) in [5.41, 5.74) is 2.84. The van der Waals surface area contributed by atoms with Crippen LogP contribution in [0.2, 0.25) is 5.02 Å². The normalized spacial score (nSPS) is 11.4. The summed E-state index contributed by atoms with van der Waals surface area (Å²) < 4.78 is 2.02. The van der Waals surface area contributed by atoms with Gasteiger partial charge in [-0.2, -0.15) is 0 Å². The number of guanidine groups is 1. The van der Waals surface area contributed by atoms with Gasteiger partial charge in [-0.1, -0.05) is 23.7 Å². The Labute approximate surface area is 166 Å². The van der Waals surface area contributed by atoms with E-state index in [1.54, 1.807) is 19.0 Å². The molecule has 1 aromatic carbocycles. The molecule has 1 amide bonds. The highest BCUT2D eigenvalue weighted by atomic mass is 35.5. The van der Waals surface area contributed by atoms with Gasteiger partial charge in [-0.15, -0.1) is 0 Å². The first-order valence-corrected chi connectivity index (χ1v) is 9.30. The molecule has 0 saturated heterocycles. The van der Waals surface area contributed by atoms with E-state index in [9.17, 15) is 4.79 Å². The Morgan fingerprint density at radius 1 is 1.22 bits per heavy atom. The molecule has 6 nitrogen and oxygen atoms in total. The third-order valence-electron chi connectivity index (χ3n) is 4.19. The van der Waals surface area contributed by atoms with Crippen molar-refractivity contribution in [1.29, 1.82) is 0 Å². The highest BCUT2D eigenvalue weighted by molar-refractivity contribution is 6.30. The molecule has 0 aliphatic heterocycles. The van der Waals surface area contributed by atoms with E-state index < -0.39 is 0 Å². The molecule has 0 spiro atoms. The zero-order chi connectivity index (χ0) is 20.0. The van der Waals surface area contributed by atoms with Crippen LogP contribution in [0.15, 0.2) is 41.5 Å². The topological polar surface area (TPSA) is 52.9 Å². The smallest absolute Gasteiger partial charge is 0.253 e. The molecule has 27 heavy (non-hydrogen) atoms. The zero-order valence-corrected chi connectivity index (χ0v) is 17.4. The average Bonchev–Trinajstić information content (AvgIpc) is 2.95. The average molecular weight is 390 g/mol. The summed E-state index contributed by atoms with van der Waals surface area (Å²) in [5, 5.41) is 4.05. The predicted octanol–water partition coefficient (Wildman–Crippen LogP) is 2.98. The van der Waals surface area contributed by atoms with Gasteiger partial charge in [-0.3, -0.25) is 4.79 Å². The van der Waals surface area contributed by atoms with Crippen LogP contribution in [0.1, 0.15) is 28.5 Å². The van der Waals surface area contributed by atoms with Crippen LogP contribution in [0, 0.1) is 0 Å². The molecule has 0 fully saturated rings. The lowest BCUT2D eigenvalue weighted by atomic mass is 10.1. The highest BCUT2D eigenvalue weighted by Gasteiger charge is 2.10. The molecule has 1 N–H and O–H groups in total. The first kappa shape index (κ1) is 20.8. The monoisotopic (exact) mass is 389 g/mol. The molecule has 1 aromatic heterocycles. The maximum absolute atomic E-state index is 12.0. The van der Waals surface area contributed by atoms with Crippen molar-refractivity contribution in [2.24, 2.45) is 12.0 Å². The Morgan fingerprint density at radius 2 is 1.89 bits per heavy atom. The first-order valence-electron chi connectivity index (χ1n) is 8.92. The van der Waals surface area contributed by atoms with Crippen LogP contribution in [0.5, 0.6) is 0 Å². The van der Waals surface area contributed by atoms with Crippen LogP contribution in [0.4, 0.5) is 0 Å². The largest absolute Gasteiger partial charge is 0.357 e. The number of aryl methyl sites for hydroxylation is 1. The number of nitrogens with one attached hydrogen (secondary N) is 1. The summed E-state index contributed by atoms with van der Waals surface area (Å²) in [7, 11) is 7.48. The van der Waals surface area contributed by atoms with Crippen LogP contribution in [-0.4, -0.2) is 53.9 Å². The van der Waals surface area contributed by atoms with Crippen molar-refractivity contribution in [2.75, 3.05) is 27.7 Å². The lowest BCUT2D eigenvalue weighted by molar-refractivity contribution is 0.0827. The number of aromatic nitrogens is 1. The number of amides is 1. The van der Waals surface area contributed by atoms with Crippen LogP contribution in [0.3, 0.4) is 0 Å². The van der Waals surface area contributed by atoms with Crippen LogP contribution in [-0.2, 0) is 20.1 Å². The molecular formula is C20H28ClN5O. The number of carbonyl (C=O) groups is 1. The van der Waals surface area contributed by atoms with Crippen molar-refractivity contribution in [3.8, 4) is 0 Å². The molecule has 2 rings (SSSR count). The number of rotatable bonds is 6. The Hall–Kier alpha value is -2.47. The van der Waals surface area contributed by atoms with E-state index >= 15 is 0 Å². The van der Waals surface area contributed by atoms with E-state index in [0.717, 1.165) is 28.8 Å². The summed E-state index contributed by atoms with van der Waals surface area (Å²) in [6.07, 6.45) is 1.89. The lowest BCUT2D eigenvalue weighted by Crippen LogP contribution is -2.38. The quantitative estimate of drug-likeness (QED) is 0.610. The SMILES string of the molecule is CCNC(=NCc1ccc(C(=O)N(C)C)cc1)N(C)Cc1cc(Cl)cn1C. The molecule has 0 saturated carbocycles. The molecule has 146 valence electrons. The minimum Gasteiger partial charge on any atom is -0.357 e. The summed E-state index contributed by atoms with van der Waals surface area (Å²) in [4.78, 5) is 20.3. The van der Waals surface area contributed by atoms with Crippen molar-refractivity contribution >= 4 is 23.5 Å². The maximum Gasteiger partial charge on any atom is 0.253 e. The fourth-order valence-corrected chi connectivity index (χ4v) is 2.96. The standard InChI is InChI=1S/C20H28ClN5O/c1-6-22-20(26(5)14-18-11-17(21)13-25(18)4)23-12-15-7-9-16(10-8-15)19(27)24(2)3/h7-11,13H,6,12,14H2,1-5H3,(H,22,23). The molecule has 0 aliphatic carbocycles. The second-order valence-electron chi connectivity index (χ2n) is 6.68. The van der Waals surface area contributed by atoms with Crippen molar-refractivity contribution < 1.29 is 4.79 Å². The van der Waals surface area contributed by atoms with Crippen molar-refractivity contribution in [2.45, 2.75) is 20.0 Å². The number of hydrogen-bond donors (Lipinski definition) is 1. The predicted molar refractivity (Wildman–Crippen MR) is 111 cm³/mol. The first-order chi connectivity index (χ1) is 12.8. The number of carbonyl (C=O) groups excluding carboxylic acids is 1. The van der Waals surface area contributed by atoms with Crippen molar-refractivity contribution in [1.82, 2.24) is 19.7 Å². The van der Waals surface area contributed by atoms with Gasteiger partial charge >= 0.3 is 0 Å². The Bertz CT molecular complexity index is 795. The van der Waals surface area contributed by atoms with Gasteiger partial charge in [0.05, 0.1) is 18.1 Å². The number of aliphatic imine (C=N–C) groups is 1. The Morgan fingerprint density at radius 3 is 2.41 bits per heavy atom. The molecule has 0 unspecified atom stereocenters. The van der Waals surface area contributed by atoms with Crippen molar-refractivity contribution in [3.05, 3.63) is 58.4 Å².